The van der Waals surface area contributed by atoms with Crippen LogP contribution in [0.2, 0.25) is 0 Å². The maximum absolute atomic E-state index is 13.0. The van der Waals surface area contributed by atoms with Crippen molar-refractivity contribution in [2.24, 2.45) is 0 Å². The van der Waals surface area contributed by atoms with Gasteiger partial charge in [-0.05, 0) is 57.2 Å². The Kier molecular flexibility index (Phi) is 7.62. The molecule has 1 aromatic rings. The maximum Gasteiger partial charge on any atom is 0.123 e. The molecule has 0 aliphatic heterocycles. The van der Waals surface area contributed by atoms with Gasteiger partial charge in [-0.2, -0.15) is 0 Å². The van der Waals surface area contributed by atoms with Crippen LogP contribution in [0.1, 0.15) is 31.7 Å². The molecule has 18 heavy (non-hydrogen) atoms. The van der Waals surface area contributed by atoms with Gasteiger partial charge in [0, 0.05) is 6.54 Å². The van der Waals surface area contributed by atoms with Crippen LogP contribution in [-0.2, 0) is 6.54 Å². The fraction of sp³-hybridized carbons (Fsp3) is 0.600. The molecule has 0 saturated heterocycles. The van der Waals surface area contributed by atoms with Crippen LogP contribution >= 0.6 is 0 Å². The van der Waals surface area contributed by atoms with Crippen LogP contribution in [0.5, 0.6) is 0 Å². The van der Waals surface area contributed by atoms with E-state index in [1.165, 1.54) is 25.3 Å². The van der Waals surface area contributed by atoms with Crippen LogP contribution in [0.4, 0.5) is 4.39 Å². The number of nitrogens with zero attached hydrogens (tertiary/aromatic N) is 1. The summed E-state index contributed by atoms with van der Waals surface area (Å²) in [5, 5.41) is 3.33. The SMILES string of the molecule is CCNCCCCCN(C)Cc1cccc(F)c1. The molecule has 0 aliphatic rings. The summed E-state index contributed by atoms with van der Waals surface area (Å²) in [5.74, 6) is -0.147. The number of hydrogen-bond acceptors (Lipinski definition) is 2. The lowest BCUT2D eigenvalue weighted by Gasteiger charge is -2.16. The number of rotatable bonds is 9. The summed E-state index contributed by atoms with van der Waals surface area (Å²) in [6, 6.07) is 6.85. The van der Waals surface area contributed by atoms with Crippen molar-refractivity contribution in [3.05, 3.63) is 35.6 Å². The van der Waals surface area contributed by atoms with Crippen molar-refractivity contribution in [2.75, 3.05) is 26.7 Å². The van der Waals surface area contributed by atoms with Crippen molar-refractivity contribution in [1.82, 2.24) is 10.2 Å². The molecule has 0 saturated carbocycles. The Hall–Kier alpha value is -0.930. The van der Waals surface area contributed by atoms with E-state index < -0.39 is 0 Å². The van der Waals surface area contributed by atoms with Crippen molar-refractivity contribution >= 4 is 0 Å². The van der Waals surface area contributed by atoms with Crippen LogP contribution in [0.15, 0.2) is 24.3 Å². The number of hydrogen-bond donors (Lipinski definition) is 1. The molecule has 102 valence electrons. The van der Waals surface area contributed by atoms with Crippen LogP contribution < -0.4 is 5.32 Å². The topological polar surface area (TPSA) is 15.3 Å². The lowest BCUT2D eigenvalue weighted by atomic mass is 10.2. The van der Waals surface area contributed by atoms with Gasteiger partial charge in [0.2, 0.25) is 0 Å². The molecule has 0 unspecified atom stereocenters. The van der Waals surface area contributed by atoms with Gasteiger partial charge in [-0.1, -0.05) is 25.5 Å². The van der Waals surface area contributed by atoms with Gasteiger partial charge in [0.1, 0.15) is 5.82 Å². The van der Waals surface area contributed by atoms with E-state index in [1.807, 2.05) is 6.07 Å². The van der Waals surface area contributed by atoms with E-state index in [1.54, 1.807) is 12.1 Å². The lowest BCUT2D eigenvalue weighted by molar-refractivity contribution is 0.316. The first-order chi connectivity index (χ1) is 8.72. The Morgan fingerprint density at radius 2 is 2.06 bits per heavy atom. The third kappa shape index (κ3) is 6.72. The van der Waals surface area contributed by atoms with E-state index >= 15 is 0 Å². The summed E-state index contributed by atoms with van der Waals surface area (Å²) < 4.78 is 13.0. The standard InChI is InChI=1S/C15H25FN2/c1-3-17-10-5-4-6-11-18(2)13-14-8-7-9-15(16)12-14/h7-9,12,17H,3-6,10-11,13H2,1-2H3. The molecule has 3 heteroatoms. The Labute approximate surface area is 110 Å². The number of nitrogens with one attached hydrogen (secondary N) is 1. The second-order valence-electron chi connectivity index (χ2n) is 4.78. The second-order valence-corrected chi connectivity index (χ2v) is 4.78. The van der Waals surface area contributed by atoms with Crippen LogP contribution in [0.3, 0.4) is 0 Å². The zero-order valence-electron chi connectivity index (χ0n) is 11.6. The molecule has 0 atom stereocenters. The molecule has 0 spiro atoms. The Morgan fingerprint density at radius 3 is 2.78 bits per heavy atom. The maximum atomic E-state index is 13.0. The molecule has 0 aliphatic carbocycles. The van der Waals surface area contributed by atoms with Crippen molar-refractivity contribution in [3.8, 4) is 0 Å². The van der Waals surface area contributed by atoms with Crippen molar-refractivity contribution < 1.29 is 4.39 Å². The molecular weight excluding hydrogens is 227 g/mol. The van der Waals surface area contributed by atoms with Crippen molar-refractivity contribution in [1.29, 1.82) is 0 Å². The van der Waals surface area contributed by atoms with E-state index in [0.717, 1.165) is 31.7 Å². The quantitative estimate of drug-likeness (QED) is 0.680. The molecule has 0 heterocycles. The van der Waals surface area contributed by atoms with Gasteiger partial charge in [0.15, 0.2) is 0 Å². The fourth-order valence-electron chi connectivity index (χ4n) is 2.01. The Morgan fingerprint density at radius 1 is 1.22 bits per heavy atom. The minimum Gasteiger partial charge on any atom is -0.317 e. The van der Waals surface area contributed by atoms with Crippen molar-refractivity contribution in [2.45, 2.75) is 32.7 Å². The molecule has 1 N–H and O–H groups in total. The number of benzene rings is 1. The molecule has 1 aromatic carbocycles. The van der Waals surface area contributed by atoms with Gasteiger partial charge in [-0.3, -0.25) is 0 Å². The molecule has 0 amide bonds. The molecule has 1 rings (SSSR count). The lowest BCUT2D eigenvalue weighted by Crippen LogP contribution is -2.19. The van der Waals surface area contributed by atoms with Gasteiger partial charge < -0.3 is 10.2 Å². The van der Waals surface area contributed by atoms with Gasteiger partial charge in [-0.15, -0.1) is 0 Å². The third-order valence-corrected chi connectivity index (χ3v) is 2.98. The predicted octanol–water partition coefficient (Wildman–Crippen LogP) is 3.04. The minimum absolute atomic E-state index is 0.147. The van der Waals surface area contributed by atoms with Crippen LogP contribution in [-0.4, -0.2) is 31.6 Å². The summed E-state index contributed by atoms with van der Waals surface area (Å²) in [7, 11) is 2.09. The second kappa shape index (κ2) is 9.06. The Bertz CT molecular complexity index is 328. The molecular formula is C15H25FN2. The summed E-state index contributed by atoms with van der Waals surface area (Å²) in [6.45, 7) is 6.20. The third-order valence-electron chi connectivity index (χ3n) is 2.98. The largest absolute Gasteiger partial charge is 0.317 e. The number of halogens is 1. The summed E-state index contributed by atoms with van der Waals surface area (Å²) >= 11 is 0. The number of unbranched alkanes of at least 4 members (excludes halogenated alkanes) is 2. The van der Waals surface area contributed by atoms with Gasteiger partial charge >= 0.3 is 0 Å². The average molecular weight is 252 g/mol. The highest BCUT2D eigenvalue weighted by atomic mass is 19.1. The summed E-state index contributed by atoms with van der Waals surface area (Å²) in [5.41, 5.74) is 1.05. The smallest absolute Gasteiger partial charge is 0.123 e. The predicted molar refractivity (Wildman–Crippen MR) is 75.1 cm³/mol. The summed E-state index contributed by atoms with van der Waals surface area (Å²) in [6.07, 6.45) is 3.69. The van der Waals surface area contributed by atoms with Gasteiger partial charge in [0.05, 0.1) is 0 Å². The molecule has 0 aromatic heterocycles. The Balaban J connectivity index is 2.12. The summed E-state index contributed by atoms with van der Waals surface area (Å²) in [4.78, 5) is 2.25. The first kappa shape index (κ1) is 15.1. The van der Waals surface area contributed by atoms with E-state index in [9.17, 15) is 4.39 Å². The van der Waals surface area contributed by atoms with Gasteiger partial charge in [0.25, 0.3) is 0 Å². The van der Waals surface area contributed by atoms with Crippen molar-refractivity contribution in [3.63, 3.8) is 0 Å². The fourth-order valence-corrected chi connectivity index (χ4v) is 2.01. The zero-order chi connectivity index (χ0) is 13.2. The van der Waals surface area contributed by atoms with E-state index in [0.29, 0.717) is 0 Å². The van der Waals surface area contributed by atoms with Crippen LogP contribution in [0.25, 0.3) is 0 Å². The van der Waals surface area contributed by atoms with E-state index in [4.69, 9.17) is 0 Å². The molecule has 0 fully saturated rings. The van der Waals surface area contributed by atoms with E-state index in [2.05, 4.69) is 24.2 Å². The average Bonchev–Trinajstić information content (AvgIpc) is 2.33. The molecule has 2 nitrogen and oxygen atoms in total. The zero-order valence-corrected chi connectivity index (χ0v) is 11.6. The van der Waals surface area contributed by atoms with Gasteiger partial charge in [-0.25, -0.2) is 4.39 Å². The minimum atomic E-state index is -0.147. The monoisotopic (exact) mass is 252 g/mol. The first-order valence-electron chi connectivity index (χ1n) is 6.86. The highest BCUT2D eigenvalue weighted by molar-refractivity contribution is 5.15. The molecule has 0 bridgehead atoms. The first-order valence-corrected chi connectivity index (χ1v) is 6.86. The van der Waals surface area contributed by atoms with Crippen LogP contribution in [0, 0.1) is 5.82 Å². The highest BCUT2D eigenvalue weighted by Crippen LogP contribution is 2.07. The molecule has 0 radical (unpaired) electrons. The highest BCUT2D eigenvalue weighted by Gasteiger charge is 2.01. The van der Waals surface area contributed by atoms with E-state index in [-0.39, 0.29) is 5.82 Å². The normalized spacial score (nSPS) is 11.1.